The van der Waals surface area contributed by atoms with Crippen LogP contribution in [0.1, 0.15) is 38.7 Å². The normalized spacial score (nSPS) is 14.8. The Morgan fingerprint density at radius 2 is 1.32 bits per heavy atom. The molecule has 0 aliphatic heterocycles. The largest absolute Gasteiger partial charge is 0.508 e. The molecule has 0 fully saturated rings. The van der Waals surface area contributed by atoms with Crippen molar-refractivity contribution in [1.82, 2.24) is 16.0 Å². The van der Waals surface area contributed by atoms with Gasteiger partial charge in [0.1, 0.15) is 23.9 Å². The lowest BCUT2D eigenvalue weighted by atomic mass is 9.96. The average Bonchev–Trinajstić information content (AvgIpc) is 2.81. The molecule has 5 unspecified atom stereocenters. The quantitative estimate of drug-likeness (QED) is 0.135. The molecule has 9 N–H and O–H groups in total. The molecular weight excluding hydrogens is 492 g/mol. The van der Waals surface area contributed by atoms with Crippen LogP contribution in [0.15, 0.2) is 24.3 Å². The van der Waals surface area contributed by atoms with E-state index in [0.29, 0.717) is 12.0 Å². The number of aromatic hydroxyl groups is 1. The van der Waals surface area contributed by atoms with Crippen molar-refractivity contribution >= 4 is 35.6 Å². The third-order valence-electron chi connectivity index (χ3n) is 5.53. The van der Waals surface area contributed by atoms with Gasteiger partial charge < -0.3 is 42.1 Å². The first-order valence-corrected chi connectivity index (χ1v) is 11.4. The first-order chi connectivity index (χ1) is 17.2. The number of phenols is 1. The highest BCUT2D eigenvalue weighted by molar-refractivity contribution is 5.96. The number of aliphatic carboxylic acids is 3. The van der Waals surface area contributed by atoms with Crippen molar-refractivity contribution < 1.29 is 49.2 Å². The molecule has 0 aliphatic rings. The van der Waals surface area contributed by atoms with Gasteiger partial charge in [0, 0.05) is 0 Å². The Morgan fingerprint density at radius 1 is 0.811 bits per heavy atom. The predicted molar refractivity (Wildman–Crippen MR) is 127 cm³/mol. The highest BCUT2D eigenvalue weighted by atomic mass is 16.4. The molecule has 1 aromatic carbocycles. The van der Waals surface area contributed by atoms with Crippen molar-refractivity contribution in [3.63, 3.8) is 0 Å². The summed E-state index contributed by atoms with van der Waals surface area (Å²) in [5, 5.41) is 43.1. The van der Waals surface area contributed by atoms with E-state index >= 15 is 0 Å². The fourth-order valence-corrected chi connectivity index (χ4v) is 3.23. The third kappa shape index (κ3) is 10.5. The number of rotatable bonds is 15. The van der Waals surface area contributed by atoms with E-state index in [9.17, 15) is 33.9 Å². The van der Waals surface area contributed by atoms with Gasteiger partial charge in [0.25, 0.3) is 0 Å². The van der Waals surface area contributed by atoms with Crippen molar-refractivity contribution in [2.75, 3.05) is 0 Å². The van der Waals surface area contributed by atoms with Gasteiger partial charge in [-0.1, -0.05) is 32.4 Å². The van der Waals surface area contributed by atoms with E-state index in [1.165, 1.54) is 12.1 Å². The number of carboxylic acid groups (broad SMARTS) is 3. The van der Waals surface area contributed by atoms with E-state index in [1.54, 1.807) is 26.0 Å². The van der Waals surface area contributed by atoms with Gasteiger partial charge in [-0.15, -0.1) is 0 Å². The second-order valence-electron chi connectivity index (χ2n) is 8.51. The minimum Gasteiger partial charge on any atom is -0.508 e. The summed E-state index contributed by atoms with van der Waals surface area (Å²) in [6, 6.07) is 0.0890. The van der Waals surface area contributed by atoms with Gasteiger partial charge in [-0.3, -0.25) is 24.0 Å². The van der Waals surface area contributed by atoms with Crippen LogP contribution in [-0.4, -0.2) is 80.2 Å². The summed E-state index contributed by atoms with van der Waals surface area (Å²) in [7, 11) is 0. The maximum atomic E-state index is 13.0. The molecule has 0 heterocycles. The molecule has 0 aliphatic carbocycles. The number of hydrogen-bond acceptors (Lipinski definition) is 8. The van der Waals surface area contributed by atoms with Crippen LogP contribution in [-0.2, 0) is 35.2 Å². The molecule has 37 heavy (non-hydrogen) atoms. The summed E-state index contributed by atoms with van der Waals surface area (Å²) < 4.78 is 0. The molecule has 0 saturated heterocycles. The van der Waals surface area contributed by atoms with E-state index in [4.69, 9.17) is 21.1 Å². The number of nitrogens with one attached hydrogen (secondary N) is 3. The zero-order valence-corrected chi connectivity index (χ0v) is 20.3. The van der Waals surface area contributed by atoms with Crippen LogP contribution < -0.4 is 21.7 Å². The van der Waals surface area contributed by atoms with E-state index in [0.717, 1.165) is 0 Å². The van der Waals surface area contributed by atoms with Crippen LogP contribution in [0.4, 0.5) is 0 Å². The van der Waals surface area contributed by atoms with Crippen LogP contribution in [0, 0.1) is 5.92 Å². The monoisotopic (exact) mass is 524 g/mol. The van der Waals surface area contributed by atoms with Gasteiger partial charge in [0.05, 0.1) is 18.9 Å². The second kappa shape index (κ2) is 14.4. The highest BCUT2D eigenvalue weighted by Gasteiger charge is 2.34. The number of carbonyl (C=O) groups is 6. The number of hydrogen-bond donors (Lipinski definition) is 8. The number of phenolic OH excluding ortho intramolecular Hbond substituents is 1. The Balaban J connectivity index is 3.01. The fraction of sp³-hybridized carbons (Fsp3) is 0.478. The smallest absolute Gasteiger partial charge is 0.326 e. The number of carbonyl (C=O) groups excluding carboxylic acids is 3. The number of nitrogens with two attached hydrogens (primary N) is 1. The van der Waals surface area contributed by atoms with Crippen LogP contribution in [0.2, 0.25) is 0 Å². The zero-order chi connectivity index (χ0) is 28.3. The standard InChI is InChI=1S/C23H32N4O10/c1-3-11(2)19(27-20(33)14(24)8-12-4-6-13(28)7-5-12)22(35)25-15(9-17(29)30)21(34)26-16(23(36)37)10-18(31)32/h4-7,11,14-16,19,28H,3,8-10,24H2,1-2H3,(H,25,35)(H,26,34)(H,27,33)(H,29,30)(H,31,32)(H,36,37). The minimum absolute atomic E-state index is 0.0351. The molecule has 204 valence electrons. The molecule has 0 radical (unpaired) electrons. The van der Waals surface area contributed by atoms with Crippen molar-refractivity contribution in [3.8, 4) is 5.75 Å². The van der Waals surface area contributed by atoms with Gasteiger partial charge in [-0.2, -0.15) is 0 Å². The van der Waals surface area contributed by atoms with E-state index < -0.39 is 78.6 Å². The van der Waals surface area contributed by atoms with Crippen molar-refractivity contribution in [3.05, 3.63) is 29.8 Å². The lowest BCUT2D eigenvalue weighted by molar-refractivity contribution is -0.148. The highest BCUT2D eigenvalue weighted by Crippen LogP contribution is 2.13. The van der Waals surface area contributed by atoms with Crippen LogP contribution in [0.3, 0.4) is 0 Å². The molecule has 5 atom stereocenters. The van der Waals surface area contributed by atoms with Crippen molar-refractivity contribution in [1.29, 1.82) is 0 Å². The maximum Gasteiger partial charge on any atom is 0.326 e. The molecule has 0 spiro atoms. The summed E-state index contributed by atoms with van der Waals surface area (Å²) in [5.41, 5.74) is 6.61. The van der Waals surface area contributed by atoms with E-state index in [1.807, 2.05) is 5.32 Å². The Bertz CT molecular complexity index is 998. The predicted octanol–water partition coefficient (Wildman–Crippen LogP) is -1.20. The molecule has 1 rings (SSSR count). The Kier molecular flexibility index (Phi) is 12.0. The third-order valence-corrected chi connectivity index (χ3v) is 5.53. The van der Waals surface area contributed by atoms with Gasteiger partial charge >= 0.3 is 17.9 Å². The summed E-state index contributed by atoms with van der Waals surface area (Å²) in [6.07, 6.45) is -1.41. The van der Waals surface area contributed by atoms with Gasteiger partial charge in [-0.25, -0.2) is 4.79 Å². The van der Waals surface area contributed by atoms with Crippen molar-refractivity contribution in [2.45, 2.75) is 63.7 Å². The molecule has 0 saturated carbocycles. The average molecular weight is 525 g/mol. The summed E-state index contributed by atoms with van der Waals surface area (Å²) in [6.45, 7) is 3.37. The Hall–Kier alpha value is -4.20. The molecule has 14 nitrogen and oxygen atoms in total. The molecule has 3 amide bonds. The number of carboxylic acids is 3. The molecule has 0 bridgehead atoms. The Morgan fingerprint density at radius 3 is 1.81 bits per heavy atom. The molecule has 0 aromatic heterocycles. The van der Waals surface area contributed by atoms with E-state index in [2.05, 4.69) is 10.6 Å². The SMILES string of the molecule is CCC(C)C(NC(=O)C(N)Cc1ccc(O)cc1)C(=O)NC(CC(=O)O)C(=O)NC(CC(=O)O)C(=O)O. The number of amides is 3. The first-order valence-electron chi connectivity index (χ1n) is 11.4. The molecular formula is C23H32N4O10. The second-order valence-corrected chi connectivity index (χ2v) is 8.51. The molecule has 1 aromatic rings. The lowest BCUT2D eigenvalue weighted by Crippen LogP contribution is -2.59. The van der Waals surface area contributed by atoms with Crippen molar-refractivity contribution in [2.24, 2.45) is 11.7 Å². The molecule has 14 heteroatoms. The van der Waals surface area contributed by atoms with E-state index in [-0.39, 0.29) is 12.2 Å². The maximum absolute atomic E-state index is 13.0. The van der Waals surface area contributed by atoms with Crippen LogP contribution in [0.5, 0.6) is 5.75 Å². The zero-order valence-electron chi connectivity index (χ0n) is 20.3. The number of benzene rings is 1. The summed E-state index contributed by atoms with van der Waals surface area (Å²) in [5.74, 6) is -7.94. The van der Waals surface area contributed by atoms with Gasteiger partial charge in [-0.05, 0) is 30.0 Å². The summed E-state index contributed by atoms with van der Waals surface area (Å²) in [4.78, 5) is 71.7. The van der Waals surface area contributed by atoms with Gasteiger partial charge in [0.2, 0.25) is 17.7 Å². The van der Waals surface area contributed by atoms with Crippen LogP contribution in [0.25, 0.3) is 0 Å². The topological polar surface area (TPSA) is 245 Å². The lowest BCUT2D eigenvalue weighted by Gasteiger charge is -2.27. The first kappa shape index (κ1) is 30.8. The minimum atomic E-state index is -1.86. The Labute approximate surface area is 212 Å². The summed E-state index contributed by atoms with van der Waals surface area (Å²) >= 11 is 0. The van der Waals surface area contributed by atoms with Crippen LogP contribution >= 0.6 is 0 Å². The van der Waals surface area contributed by atoms with Gasteiger partial charge in [0.15, 0.2) is 0 Å². The fourth-order valence-electron chi connectivity index (χ4n) is 3.23.